The van der Waals surface area contributed by atoms with Crippen molar-refractivity contribution in [3.05, 3.63) is 65.2 Å². The number of para-hydroxylation sites is 1. The third kappa shape index (κ3) is 5.09. The molecule has 2 aromatic rings. The summed E-state index contributed by atoms with van der Waals surface area (Å²) in [5.74, 6) is 0.00351. The van der Waals surface area contributed by atoms with Gasteiger partial charge in [-0.25, -0.2) is 4.79 Å². The lowest BCUT2D eigenvalue weighted by atomic mass is 9.85. The molecule has 2 aromatic carbocycles. The highest BCUT2D eigenvalue weighted by Gasteiger charge is 2.14. The number of hydrogen-bond acceptors (Lipinski definition) is 2. The van der Waals surface area contributed by atoms with E-state index in [1.54, 1.807) is 18.2 Å². The van der Waals surface area contributed by atoms with Crippen LogP contribution in [0, 0.1) is 5.92 Å². The Balaban J connectivity index is 1.60. The van der Waals surface area contributed by atoms with Gasteiger partial charge in [0, 0.05) is 12.2 Å². The zero-order valence-electron chi connectivity index (χ0n) is 14.7. The molecule has 2 N–H and O–H groups in total. The quantitative estimate of drug-likeness (QED) is 0.700. The molecule has 1 fully saturated rings. The molecule has 132 valence electrons. The first-order valence-corrected chi connectivity index (χ1v) is 9.36. The normalized spacial score (nSPS) is 15.0. The summed E-state index contributed by atoms with van der Waals surface area (Å²) in [7, 11) is 0. The van der Waals surface area contributed by atoms with Gasteiger partial charge in [-0.3, -0.25) is 0 Å². The molecule has 0 unspecified atom stereocenters. The van der Waals surface area contributed by atoms with Gasteiger partial charge in [0.15, 0.2) is 0 Å². The van der Waals surface area contributed by atoms with Gasteiger partial charge in [0.25, 0.3) is 0 Å². The van der Waals surface area contributed by atoms with E-state index in [1.807, 2.05) is 6.07 Å². The molecule has 0 aromatic heterocycles. The molecule has 1 aliphatic carbocycles. The van der Waals surface area contributed by atoms with Gasteiger partial charge in [0.05, 0.1) is 5.56 Å². The maximum atomic E-state index is 11.1. The van der Waals surface area contributed by atoms with Gasteiger partial charge in [-0.2, -0.15) is 0 Å². The minimum Gasteiger partial charge on any atom is -0.478 e. The summed E-state index contributed by atoms with van der Waals surface area (Å²) < 4.78 is 0. The molecule has 0 heterocycles. The average Bonchev–Trinajstić information content (AvgIpc) is 2.66. The molecule has 0 radical (unpaired) electrons. The smallest absolute Gasteiger partial charge is 0.335 e. The Labute approximate surface area is 150 Å². The van der Waals surface area contributed by atoms with Crippen LogP contribution in [-0.2, 0) is 13.0 Å². The van der Waals surface area contributed by atoms with Crippen LogP contribution in [-0.4, -0.2) is 11.1 Å². The monoisotopic (exact) mass is 337 g/mol. The predicted molar refractivity (Wildman–Crippen MR) is 102 cm³/mol. The summed E-state index contributed by atoms with van der Waals surface area (Å²) in [5, 5.41) is 12.6. The summed E-state index contributed by atoms with van der Waals surface area (Å²) in [6.07, 6.45) is 9.35. The molecular weight excluding hydrogens is 310 g/mol. The average molecular weight is 337 g/mol. The lowest BCUT2D eigenvalue weighted by Crippen LogP contribution is -2.09. The van der Waals surface area contributed by atoms with Gasteiger partial charge < -0.3 is 10.4 Å². The van der Waals surface area contributed by atoms with Crippen LogP contribution in [0.5, 0.6) is 0 Å². The lowest BCUT2D eigenvalue weighted by molar-refractivity contribution is 0.0697. The Morgan fingerprint density at radius 1 is 1.04 bits per heavy atom. The number of nitrogens with one attached hydrogen (secondary N) is 1. The van der Waals surface area contributed by atoms with Gasteiger partial charge >= 0.3 is 5.97 Å². The van der Waals surface area contributed by atoms with Gasteiger partial charge in [-0.15, -0.1) is 0 Å². The molecule has 3 heteroatoms. The number of aryl methyl sites for hydroxylation is 1. The van der Waals surface area contributed by atoms with E-state index in [-0.39, 0.29) is 0 Å². The maximum Gasteiger partial charge on any atom is 0.335 e. The van der Waals surface area contributed by atoms with Crippen LogP contribution < -0.4 is 5.32 Å². The van der Waals surface area contributed by atoms with E-state index < -0.39 is 5.97 Å². The number of anilines is 1. The van der Waals surface area contributed by atoms with Crippen LogP contribution in [0.4, 0.5) is 5.69 Å². The Morgan fingerprint density at radius 3 is 2.64 bits per heavy atom. The zero-order chi connectivity index (χ0) is 17.5. The first kappa shape index (κ1) is 17.5. The standard InChI is InChI=1S/C22H27NO2/c24-22(25)20-11-6-9-18(15-20)16-23-21-12-5-4-10-19(21)14-13-17-7-2-1-3-8-17/h4-6,9-12,15,17,23H,1-3,7-8,13-14,16H2,(H,24,25). The number of aromatic carboxylic acids is 1. The van der Waals surface area contributed by atoms with Crippen molar-refractivity contribution in [2.45, 2.75) is 51.5 Å². The Morgan fingerprint density at radius 2 is 1.84 bits per heavy atom. The van der Waals surface area contributed by atoms with E-state index in [2.05, 4.69) is 29.6 Å². The fourth-order valence-corrected chi connectivity index (χ4v) is 3.76. The van der Waals surface area contributed by atoms with Crippen molar-refractivity contribution in [3.63, 3.8) is 0 Å². The number of rotatable bonds is 7. The Hall–Kier alpha value is -2.29. The second-order valence-electron chi connectivity index (χ2n) is 7.06. The molecule has 1 saturated carbocycles. The second-order valence-corrected chi connectivity index (χ2v) is 7.06. The van der Waals surface area contributed by atoms with Crippen LogP contribution >= 0.6 is 0 Å². The maximum absolute atomic E-state index is 11.1. The summed E-state index contributed by atoms with van der Waals surface area (Å²) in [6.45, 7) is 0.640. The van der Waals surface area contributed by atoms with Gasteiger partial charge in [-0.1, -0.05) is 62.4 Å². The third-order valence-corrected chi connectivity index (χ3v) is 5.22. The van der Waals surface area contributed by atoms with Crippen LogP contribution in [0.15, 0.2) is 48.5 Å². The van der Waals surface area contributed by atoms with Crippen LogP contribution in [0.3, 0.4) is 0 Å². The van der Waals surface area contributed by atoms with Crippen LogP contribution in [0.1, 0.15) is 60.0 Å². The molecule has 0 aliphatic heterocycles. The molecule has 0 amide bonds. The fraction of sp³-hybridized carbons (Fsp3) is 0.409. The van der Waals surface area contributed by atoms with Crippen molar-refractivity contribution in [2.75, 3.05) is 5.32 Å². The van der Waals surface area contributed by atoms with E-state index in [4.69, 9.17) is 5.11 Å². The van der Waals surface area contributed by atoms with E-state index in [9.17, 15) is 4.79 Å². The zero-order valence-corrected chi connectivity index (χ0v) is 14.7. The van der Waals surface area contributed by atoms with Gasteiger partial charge in [0.1, 0.15) is 0 Å². The fourth-order valence-electron chi connectivity index (χ4n) is 3.76. The highest BCUT2D eigenvalue weighted by atomic mass is 16.4. The summed E-state index contributed by atoms with van der Waals surface area (Å²) in [5.41, 5.74) is 3.85. The van der Waals surface area contributed by atoms with E-state index in [0.717, 1.165) is 17.9 Å². The van der Waals surface area contributed by atoms with Gasteiger partial charge in [0.2, 0.25) is 0 Å². The third-order valence-electron chi connectivity index (χ3n) is 5.22. The van der Waals surface area contributed by atoms with E-state index in [1.165, 1.54) is 49.8 Å². The first-order valence-electron chi connectivity index (χ1n) is 9.36. The Bertz CT molecular complexity index is 705. The van der Waals surface area contributed by atoms with Crippen molar-refractivity contribution < 1.29 is 9.90 Å². The van der Waals surface area contributed by atoms with Crippen molar-refractivity contribution in [2.24, 2.45) is 5.92 Å². The minimum absolute atomic E-state index is 0.338. The molecule has 3 rings (SSSR count). The summed E-state index contributed by atoms with van der Waals surface area (Å²) in [4.78, 5) is 11.1. The largest absolute Gasteiger partial charge is 0.478 e. The minimum atomic E-state index is -0.880. The van der Waals surface area contributed by atoms with Crippen molar-refractivity contribution in [3.8, 4) is 0 Å². The highest BCUT2D eigenvalue weighted by Crippen LogP contribution is 2.29. The summed E-state index contributed by atoms with van der Waals surface area (Å²) in [6, 6.07) is 15.6. The molecule has 0 saturated heterocycles. The number of benzene rings is 2. The lowest BCUT2D eigenvalue weighted by Gasteiger charge is -2.22. The molecule has 0 bridgehead atoms. The van der Waals surface area contributed by atoms with E-state index in [0.29, 0.717) is 12.1 Å². The van der Waals surface area contributed by atoms with Gasteiger partial charge in [-0.05, 0) is 48.1 Å². The predicted octanol–water partition coefficient (Wildman–Crippen LogP) is 5.51. The Kier molecular flexibility index (Phi) is 6.10. The molecule has 3 nitrogen and oxygen atoms in total. The SMILES string of the molecule is O=C(O)c1cccc(CNc2ccccc2CCC2CCCCC2)c1. The first-order chi connectivity index (χ1) is 12.2. The molecule has 25 heavy (non-hydrogen) atoms. The topological polar surface area (TPSA) is 49.3 Å². The number of hydrogen-bond donors (Lipinski definition) is 2. The molecule has 1 aliphatic rings. The summed E-state index contributed by atoms with van der Waals surface area (Å²) >= 11 is 0. The van der Waals surface area contributed by atoms with Crippen LogP contribution in [0.2, 0.25) is 0 Å². The molecular formula is C22H27NO2. The van der Waals surface area contributed by atoms with E-state index >= 15 is 0 Å². The number of carbonyl (C=O) groups is 1. The van der Waals surface area contributed by atoms with Crippen molar-refractivity contribution in [1.82, 2.24) is 0 Å². The van der Waals surface area contributed by atoms with Crippen LogP contribution in [0.25, 0.3) is 0 Å². The number of carboxylic acids is 1. The van der Waals surface area contributed by atoms with Crippen molar-refractivity contribution >= 4 is 11.7 Å². The molecule has 0 spiro atoms. The highest BCUT2D eigenvalue weighted by molar-refractivity contribution is 5.87. The second kappa shape index (κ2) is 8.70. The molecule has 0 atom stereocenters. The number of carboxylic acid groups (broad SMARTS) is 1. The van der Waals surface area contributed by atoms with Crippen molar-refractivity contribution in [1.29, 1.82) is 0 Å².